The number of anilines is 1. The Labute approximate surface area is 150 Å². The number of rotatable bonds is 4. The molecular weight excluding hydrogens is 333 g/mol. The summed E-state index contributed by atoms with van der Waals surface area (Å²) in [5.41, 5.74) is 1.28. The molecule has 1 aliphatic heterocycles. The van der Waals surface area contributed by atoms with Crippen molar-refractivity contribution in [3.8, 4) is 0 Å². The molecule has 7 heteroatoms. The molecule has 0 radical (unpaired) electrons. The van der Waals surface area contributed by atoms with Crippen LogP contribution in [0.15, 0.2) is 48.7 Å². The summed E-state index contributed by atoms with van der Waals surface area (Å²) in [6.45, 7) is 1.63. The fourth-order valence-corrected chi connectivity index (χ4v) is 3.39. The fourth-order valence-electron chi connectivity index (χ4n) is 3.39. The number of hydrogen-bond donors (Lipinski definition) is 1. The molecule has 1 aromatic carbocycles. The Morgan fingerprint density at radius 3 is 2.92 bits per heavy atom. The van der Waals surface area contributed by atoms with Gasteiger partial charge in [-0.3, -0.25) is 9.20 Å². The summed E-state index contributed by atoms with van der Waals surface area (Å²) < 4.78 is 15.6. The van der Waals surface area contributed by atoms with Gasteiger partial charge in [0.15, 0.2) is 5.65 Å². The van der Waals surface area contributed by atoms with E-state index in [1.165, 1.54) is 6.07 Å². The minimum Gasteiger partial charge on any atom is -0.352 e. The van der Waals surface area contributed by atoms with E-state index in [1.807, 2.05) is 28.8 Å². The van der Waals surface area contributed by atoms with Gasteiger partial charge in [0, 0.05) is 31.4 Å². The van der Waals surface area contributed by atoms with E-state index < -0.39 is 0 Å². The summed E-state index contributed by atoms with van der Waals surface area (Å²) in [7, 11) is 0. The lowest BCUT2D eigenvalue weighted by Gasteiger charge is -2.32. The molecule has 6 nitrogen and oxygen atoms in total. The summed E-state index contributed by atoms with van der Waals surface area (Å²) >= 11 is 0. The topological polar surface area (TPSA) is 62.5 Å². The zero-order valence-electron chi connectivity index (χ0n) is 14.3. The zero-order chi connectivity index (χ0) is 17.9. The van der Waals surface area contributed by atoms with E-state index in [1.54, 1.807) is 18.2 Å². The third kappa shape index (κ3) is 3.24. The molecule has 3 heterocycles. The number of piperidine rings is 1. The number of halogens is 1. The van der Waals surface area contributed by atoms with Crippen molar-refractivity contribution in [3.63, 3.8) is 0 Å². The fraction of sp³-hybridized carbons (Fsp3) is 0.316. The Balaban J connectivity index is 1.43. The lowest BCUT2D eigenvalue weighted by molar-refractivity contribution is -0.125. The van der Waals surface area contributed by atoms with E-state index >= 15 is 0 Å². The number of pyridine rings is 1. The van der Waals surface area contributed by atoms with Crippen molar-refractivity contribution in [1.29, 1.82) is 0 Å². The molecule has 3 aromatic rings. The highest BCUT2D eigenvalue weighted by Crippen LogP contribution is 2.22. The summed E-state index contributed by atoms with van der Waals surface area (Å²) in [5, 5.41) is 11.3. The van der Waals surface area contributed by atoms with E-state index in [4.69, 9.17) is 0 Å². The van der Waals surface area contributed by atoms with E-state index in [0.717, 1.165) is 31.0 Å². The van der Waals surface area contributed by atoms with Crippen LogP contribution in [-0.4, -0.2) is 33.6 Å². The summed E-state index contributed by atoms with van der Waals surface area (Å²) in [5.74, 6) is 0.263. The minimum atomic E-state index is -0.298. The number of carbonyl (C=O) groups excluding carboxylic acids is 1. The molecule has 2 aromatic heterocycles. The molecule has 1 amide bonds. The predicted molar refractivity (Wildman–Crippen MR) is 96.2 cm³/mol. The van der Waals surface area contributed by atoms with Crippen molar-refractivity contribution in [2.24, 2.45) is 5.92 Å². The molecule has 0 aliphatic carbocycles. The third-order valence-corrected chi connectivity index (χ3v) is 4.78. The normalized spacial score (nSPS) is 17.4. The quantitative estimate of drug-likeness (QED) is 0.782. The maximum absolute atomic E-state index is 13.7. The number of amides is 1. The Morgan fingerprint density at radius 1 is 1.19 bits per heavy atom. The van der Waals surface area contributed by atoms with Gasteiger partial charge in [0.2, 0.25) is 11.9 Å². The van der Waals surface area contributed by atoms with Gasteiger partial charge < -0.3 is 10.2 Å². The first kappa shape index (κ1) is 16.5. The molecule has 0 spiro atoms. The second kappa shape index (κ2) is 7.11. The maximum Gasteiger partial charge on any atom is 0.231 e. The molecule has 0 unspecified atom stereocenters. The third-order valence-electron chi connectivity index (χ3n) is 4.78. The summed E-state index contributed by atoms with van der Waals surface area (Å²) in [6.07, 6.45) is 3.64. The average molecular weight is 353 g/mol. The Hall–Kier alpha value is -2.96. The highest BCUT2D eigenvalue weighted by molar-refractivity contribution is 5.79. The van der Waals surface area contributed by atoms with Crippen LogP contribution in [0, 0.1) is 11.7 Å². The van der Waals surface area contributed by atoms with Gasteiger partial charge in [-0.1, -0.05) is 24.3 Å². The predicted octanol–water partition coefficient (Wildman–Crippen LogP) is 2.40. The molecule has 1 saturated heterocycles. The molecule has 4 rings (SSSR count). The van der Waals surface area contributed by atoms with Crippen LogP contribution in [-0.2, 0) is 11.3 Å². The molecule has 1 atom stereocenters. The monoisotopic (exact) mass is 353 g/mol. The van der Waals surface area contributed by atoms with Crippen molar-refractivity contribution >= 4 is 17.5 Å². The van der Waals surface area contributed by atoms with E-state index in [-0.39, 0.29) is 24.2 Å². The molecule has 1 N–H and O–H groups in total. The zero-order valence-corrected chi connectivity index (χ0v) is 14.3. The van der Waals surface area contributed by atoms with Crippen molar-refractivity contribution in [3.05, 3.63) is 60.0 Å². The lowest BCUT2D eigenvalue weighted by Crippen LogP contribution is -2.43. The summed E-state index contributed by atoms with van der Waals surface area (Å²) in [6, 6.07) is 12.3. The van der Waals surface area contributed by atoms with Gasteiger partial charge in [0.1, 0.15) is 5.82 Å². The lowest BCUT2D eigenvalue weighted by atomic mass is 9.97. The average Bonchev–Trinajstić information content (AvgIpc) is 3.11. The minimum absolute atomic E-state index is 0.0493. The van der Waals surface area contributed by atoms with Crippen LogP contribution in [0.5, 0.6) is 0 Å². The van der Waals surface area contributed by atoms with Crippen LogP contribution in [0.25, 0.3) is 5.65 Å². The number of aromatic nitrogens is 3. The van der Waals surface area contributed by atoms with Gasteiger partial charge in [-0.2, -0.15) is 0 Å². The Kier molecular flexibility index (Phi) is 4.51. The summed E-state index contributed by atoms with van der Waals surface area (Å²) in [4.78, 5) is 14.7. The first-order valence-corrected chi connectivity index (χ1v) is 8.78. The number of nitrogens with zero attached hydrogens (tertiary/aromatic N) is 4. The molecular formula is C19H20FN5O. The largest absolute Gasteiger partial charge is 0.352 e. The van der Waals surface area contributed by atoms with Crippen LogP contribution in [0.4, 0.5) is 10.3 Å². The number of hydrogen-bond acceptors (Lipinski definition) is 4. The van der Waals surface area contributed by atoms with Gasteiger partial charge in [-0.05, 0) is 31.0 Å². The van der Waals surface area contributed by atoms with Gasteiger partial charge in [0.25, 0.3) is 0 Å². The van der Waals surface area contributed by atoms with Gasteiger partial charge in [0.05, 0.1) is 5.92 Å². The Bertz CT molecular complexity index is 925. The standard InChI is InChI=1S/C19H20FN5O/c20-16-8-2-1-6-14(16)12-21-18(26)15-7-5-10-24(13-15)19-23-22-17-9-3-4-11-25(17)19/h1-4,6,8-9,11,15H,5,7,10,12-13H2,(H,21,26)/t15-/m1/s1. The number of benzene rings is 1. The van der Waals surface area contributed by atoms with E-state index in [2.05, 4.69) is 20.4 Å². The molecule has 1 aliphatic rings. The second-order valence-electron chi connectivity index (χ2n) is 6.52. The van der Waals surface area contributed by atoms with E-state index in [9.17, 15) is 9.18 Å². The molecule has 134 valence electrons. The van der Waals surface area contributed by atoms with Crippen LogP contribution >= 0.6 is 0 Å². The molecule has 0 bridgehead atoms. The first-order valence-electron chi connectivity index (χ1n) is 8.78. The SMILES string of the molecule is O=C(NCc1ccccc1F)[C@@H]1CCCN(c2nnc3ccccn23)C1. The van der Waals surface area contributed by atoms with Gasteiger partial charge >= 0.3 is 0 Å². The number of carbonyl (C=O) groups is 1. The van der Waals surface area contributed by atoms with Gasteiger partial charge in [-0.15, -0.1) is 10.2 Å². The maximum atomic E-state index is 13.7. The smallest absolute Gasteiger partial charge is 0.231 e. The van der Waals surface area contributed by atoms with Gasteiger partial charge in [-0.25, -0.2) is 4.39 Å². The van der Waals surface area contributed by atoms with Crippen molar-refractivity contribution in [2.45, 2.75) is 19.4 Å². The molecule has 1 fully saturated rings. The first-order chi connectivity index (χ1) is 12.7. The van der Waals surface area contributed by atoms with Crippen molar-refractivity contribution < 1.29 is 9.18 Å². The van der Waals surface area contributed by atoms with Crippen molar-refractivity contribution in [2.75, 3.05) is 18.0 Å². The van der Waals surface area contributed by atoms with Crippen LogP contribution in [0.1, 0.15) is 18.4 Å². The van der Waals surface area contributed by atoms with Crippen molar-refractivity contribution in [1.82, 2.24) is 19.9 Å². The van der Waals surface area contributed by atoms with Crippen LogP contribution in [0.2, 0.25) is 0 Å². The highest BCUT2D eigenvalue weighted by Gasteiger charge is 2.28. The Morgan fingerprint density at radius 2 is 2.04 bits per heavy atom. The van der Waals surface area contributed by atoms with E-state index in [0.29, 0.717) is 12.1 Å². The van der Waals surface area contributed by atoms with Crippen LogP contribution in [0.3, 0.4) is 0 Å². The second-order valence-corrected chi connectivity index (χ2v) is 6.52. The highest BCUT2D eigenvalue weighted by atomic mass is 19.1. The molecule has 26 heavy (non-hydrogen) atoms. The van der Waals surface area contributed by atoms with Crippen LogP contribution < -0.4 is 10.2 Å². The molecule has 0 saturated carbocycles. The number of fused-ring (bicyclic) bond motifs is 1. The number of nitrogens with one attached hydrogen (secondary N) is 1.